The Balaban J connectivity index is 1.65. The van der Waals surface area contributed by atoms with Gasteiger partial charge in [0, 0.05) is 56.6 Å². The predicted octanol–water partition coefficient (Wildman–Crippen LogP) is 2.05. The summed E-state index contributed by atoms with van der Waals surface area (Å²) in [6.07, 6.45) is 7.25. The molecule has 1 fully saturated rings. The van der Waals surface area contributed by atoms with E-state index in [4.69, 9.17) is 4.42 Å². The third-order valence-electron chi connectivity index (χ3n) is 4.66. The van der Waals surface area contributed by atoms with Crippen molar-refractivity contribution in [3.05, 3.63) is 40.8 Å². The second kappa shape index (κ2) is 7.41. The van der Waals surface area contributed by atoms with Crippen molar-refractivity contribution in [2.75, 3.05) is 27.2 Å². The summed E-state index contributed by atoms with van der Waals surface area (Å²) in [6, 6.07) is 1.75. The number of pyridine rings is 1. The average molecular weight is 434 g/mol. The van der Waals surface area contributed by atoms with Gasteiger partial charge in [0.05, 0.1) is 4.91 Å². The van der Waals surface area contributed by atoms with Gasteiger partial charge in [0.1, 0.15) is 11.3 Å². The van der Waals surface area contributed by atoms with Crippen LogP contribution in [0.4, 0.5) is 4.79 Å². The van der Waals surface area contributed by atoms with Gasteiger partial charge in [0.2, 0.25) is 0 Å². The number of hydrogen-bond acceptors (Lipinski definition) is 7. The zero-order chi connectivity index (χ0) is 20.8. The number of rotatable bonds is 4. The van der Waals surface area contributed by atoms with Crippen LogP contribution in [0.2, 0.25) is 0 Å². The molecule has 0 bridgehead atoms. The first-order valence-electron chi connectivity index (χ1n) is 8.75. The number of hydrogen-bond donors (Lipinski definition) is 1. The Labute approximate surface area is 171 Å². The number of amides is 2. The summed E-state index contributed by atoms with van der Waals surface area (Å²) >= 11 is 0.824. The minimum Gasteiger partial charge on any atom is -0.456 e. The smallest absolute Gasteiger partial charge is 0.290 e. The zero-order valence-electron chi connectivity index (χ0n) is 15.7. The van der Waals surface area contributed by atoms with Crippen LogP contribution in [0, 0.1) is 0 Å². The summed E-state index contributed by atoms with van der Waals surface area (Å²) < 4.78 is 33.1. The molecule has 29 heavy (non-hydrogen) atoms. The van der Waals surface area contributed by atoms with Gasteiger partial charge in [-0.3, -0.25) is 19.9 Å². The van der Waals surface area contributed by atoms with Crippen LogP contribution in [0.1, 0.15) is 17.7 Å². The maximum atomic E-state index is 12.3. The molecule has 152 valence electrons. The van der Waals surface area contributed by atoms with E-state index in [2.05, 4.69) is 10.3 Å². The van der Waals surface area contributed by atoms with Crippen molar-refractivity contribution in [2.24, 2.45) is 0 Å². The number of fused-ring (bicyclic) bond motifs is 1. The fraction of sp³-hybridized carbons (Fsp3) is 0.278. The number of carbonyl (C=O) groups excluding carboxylic acids is 2. The van der Waals surface area contributed by atoms with Crippen molar-refractivity contribution in [3.63, 3.8) is 0 Å². The first kappa shape index (κ1) is 19.8. The first-order valence-corrected chi connectivity index (χ1v) is 11.0. The summed E-state index contributed by atoms with van der Waals surface area (Å²) in [4.78, 5) is 27.6. The first-order chi connectivity index (χ1) is 13.8. The molecule has 1 saturated heterocycles. The third kappa shape index (κ3) is 3.73. The van der Waals surface area contributed by atoms with Gasteiger partial charge in [-0.2, -0.15) is 17.0 Å². The normalized spacial score (nSPS) is 20.0. The van der Waals surface area contributed by atoms with Crippen molar-refractivity contribution < 1.29 is 22.4 Å². The topological polar surface area (TPSA) is 113 Å². The van der Waals surface area contributed by atoms with Crippen molar-refractivity contribution in [3.8, 4) is 0 Å². The molecule has 2 aliphatic rings. The van der Waals surface area contributed by atoms with E-state index in [1.54, 1.807) is 18.5 Å². The van der Waals surface area contributed by atoms with Gasteiger partial charge in [0.15, 0.2) is 0 Å². The van der Waals surface area contributed by atoms with Crippen LogP contribution in [-0.2, 0) is 15.0 Å². The summed E-state index contributed by atoms with van der Waals surface area (Å²) in [6.45, 7) is 0.627. The highest BCUT2D eigenvalue weighted by Crippen LogP contribution is 2.33. The van der Waals surface area contributed by atoms with Gasteiger partial charge < -0.3 is 4.42 Å². The number of imide groups is 1. The maximum absolute atomic E-state index is 12.3. The van der Waals surface area contributed by atoms with Crippen LogP contribution in [0.25, 0.3) is 22.6 Å². The maximum Gasteiger partial charge on any atom is 0.290 e. The van der Waals surface area contributed by atoms with Crippen LogP contribution >= 0.6 is 11.8 Å². The van der Waals surface area contributed by atoms with E-state index >= 15 is 0 Å². The van der Waals surface area contributed by atoms with E-state index in [9.17, 15) is 18.0 Å². The van der Waals surface area contributed by atoms with Crippen LogP contribution in [0.15, 0.2) is 33.9 Å². The molecule has 2 aromatic rings. The molecule has 11 heteroatoms. The lowest BCUT2D eigenvalue weighted by Crippen LogP contribution is -2.42. The lowest BCUT2D eigenvalue weighted by molar-refractivity contribution is -0.115. The summed E-state index contributed by atoms with van der Waals surface area (Å²) in [7, 11) is -0.443. The zero-order valence-corrected chi connectivity index (χ0v) is 17.3. The number of furan rings is 1. The highest BCUT2D eigenvalue weighted by atomic mass is 32.2. The molecule has 9 nitrogen and oxygen atoms in total. The second-order valence-corrected chi connectivity index (χ2v) is 9.89. The van der Waals surface area contributed by atoms with Gasteiger partial charge in [-0.15, -0.1) is 0 Å². The molecule has 0 unspecified atom stereocenters. The summed E-state index contributed by atoms with van der Waals surface area (Å²) in [5.74, 6) is -0.00851. The number of thioether (sulfide) groups is 1. The highest BCUT2D eigenvalue weighted by Gasteiger charge is 2.28. The van der Waals surface area contributed by atoms with E-state index in [-0.39, 0.29) is 11.4 Å². The number of carbonyl (C=O) groups is 2. The Bertz CT molecular complexity index is 1180. The molecule has 2 amide bonds. The molecular formula is C18H18N4O5S2. The molecule has 0 saturated carbocycles. The Hall–Kier alpha value is -2.47. The summed E-state index contributed by atoms with van der Waals surface area (Å²) in [5.41, 5.74) is 2.34. The second-order valence-electron chi connectivity index (χ2n) is 6.73. The molecule has 2 aromatic heterocycles. The van der Waals surface area contributed by atoms with Gasteiger partial charge >= 0.3 is 0 Å². The quantitative estimate of drug-likeness (QED) is 0.733. The molecule has 0 atom stereocenters. The molecular weight excluding hydrogens is 416 g/mol. The number of nitrogens with zero attached hydrogens (tertiary/aromatic N) is 3. The van der Waals surface area contributed by atoms with Gasteiger partial charge in [0.25, 0.3) is 21.4 Å². The fourth-order valence-electron chi connectivity index (χ4n) is 3.17. The predicted molar refractivity (Wildman–Crippen MR) is 110 cm³/mol. The number of aromatic nitrogens is 1. The monoisotopic (exact) mass is 434 g/mol. The molecule has 0 spiro atoms. The molecule has 1 N–H and O–H groups in total. The molecule has 0 aromatic carbocycles. The van der Waals surface area contributed by atoms with Gasteiger partial charge in [-0.25, -0.2) is 0 Å². The highest BCUT2D eigenvalue weighted by molar-refractivity contribution is 8.18. The molecule has 2 aliphatic heterocycles. The summed E-state index contributed by atoms with van der Waals surface area (Å²) in [5, 5.41) is 2.55. The lowest BCUT2D eigenvalue weighted by atomic mass is 10.0. The molecule has 0 radical (unpaired) electrons. The van der Waals surface area contributed by atoms with Crippen LogP contribution in [0.3, 0.4) is 0 Å². The fourth-order valence-corrected chi connectivity index (χ4v) is 4.88. The standard InChI is InChI=1S/C18H18N4O5S2/c1-21(2)29(25,26)22-5-3-11(4-6-22)14-10-19-9-12-7-13(27-16(12)14)8-15-17(23)20-18(24)28-15/h3,7-10H,4-6H2,1-2H3,(H,20,23,24)/b15-8-. The van der Waals surface area contributed by atoms with Crippen molar-refractivity contribution >= 4 is 55.7 Å². The number of nitrogens with one attached hydrogen (secondary N) is 1. The van der Waals surface area contributed by atoms with Crippen LogP contribution in [-0.4, -0.2) is 60.3 Å². The van der Waals surface area contributed by atoms with E-state index < -0.39 is 21.4 Å². The van der Waals surface area contributed by atoms with Crippen LogP contribution in [0.5, 0.6) is 0 Å². The van der Waals surface area contributed by atoms with Crippen molar-refractivity contribution in [2.45, 2.75) is 6.42 Å². The third-order valence-corrected chi connectivity index (χ3v) is 7.38. The van der Waals surface area contributed by atoms with Gasteiger partial charge in [-0.05, 0) is 29.8 Å². The molecule has 0 aliphatic carbocycles. The average Bonchev–Trinajstić information content (AvgIpc) is 3.23. The largest absolute Gasteiger partial charge is 0.456 e. The van der Waals surface area contributed by atoms with Gasteiger partial charge in [-0.1, -0.05) is 6.08 Å². The SMILES string of the molecule is CN(C)S(=O)(=O)N1CC=C(c2cncc3cc(/C=C4\SC(=O)NC4=O)oc23)CC1. The van der Waals surface area contributed by atoms with Crippen molar-refractivity contribution in [1.82, 2.24) is 18.9 Å². The van der Waals surface area contributed by atoms with E-state index in [1.165, 1.54) is 28.8 Å². The molecule has 4 heterocycles. The van der Waals surface area contributed by atoms with Crippen molar-refractivity contribution in [1.29, 1.82) is 0 Å². The minimum atomic E-state index is -3.46. The Kier molecular flexibility index (Phi) is 5.07. The van der Waals surface area contributed by atoms with Crippen LogP contribution < -0.4 is 5.32 Å². The van der Waals surface area contributed by atoms with E-state index in [0.717, 1.165) is 28.3 Å². The minimum absolute atomic E-state index is 0.267. The Morgan fingerprint density at radius 3 is 2.72 bits per heavy atom. The van der Waals surface area contributed by atoms with E-state index in [1.807, 2.05) is 6.08 Å². The molecule has 4 rings (SSSR count). The van der Waals surface area contributed by atoms with E-state index in [0.29, 0.717) is 24.3 Å². The Morgan fingerprint density at radius 1 is 1.31 bits per heavy atom. The lowest BCUT2D eigenvalue weighted by Gasteiger charge is -2.28. The Morgan fingerprint density at radius 2 is 2.10 bits per heavy atom.